The normalized spacial score (nSPS) is 19.1. The van der Waals surface area contributed by atoms with Crippen LogP contribution in [0.5, 0.6) is 0 Å². The lowest BCUT2D eigenvalue weighted by atomic mass is 10.0. The van der Waals surface area contributed by atoms with Crippen molar-refractivity contribution in [1.82, 2.24) is 21.3 Å². The van der Waals surface area contributed by atoms with Crippen molar-refractivity contribution >= 4 is 23.7 Å². The summed E-state index contributed by atoms with van der Waals surface area (Å²) in [4.78, 5) is 46.8. The Morgan fingerprint density at radius 1 is 1.16 bits per heavy atom. The highest BCUT2D eigenvalue weighted by atomic mass is 16.4. The molecular weight excluding hydrogens is 328 g/mol. The third kappa shape index (κ3) is 7.51. The summed E-state index contributed by atoms with van der Waals surface area (Å²) in [6.07, 6.45) is 1.95. The van der Waals surface area contributed by atoms with Gasteiger partial charge in [-0.2, -0.15) is 0 Å². The highest BCUT2D eigenvalue weighted by Crippen LogP contribution is 2.05. The highest BCUT2D eigenvalue weighted by Gasteiger charge is 2.25. The number of hydrogen-bond donors (Lipinski definition) is 5. The molecular formula is C16H28N4O5. The molecule has 1 aliphatic rings. The second-order valence-electron chi connectivity index (χ2n) is 6.68. The van der Waals surface area contributed by atoms with E-state index in [1.54, 1.807) is 0 Å². The Labute approximate surface area is 147 Å². The number of carbonyl (C=O) groups is 4. The minimum absolute atomic E-state index is 0.107. The number of hydrogen-bond acceptors (Lipinski definition) is 5. The highest BCUT2D eigenvalue weighted by molar-refractivity contribution is 5.92. The number of amides is 3. The van der Waals surface area contributed by atoms with Crippen LogP contribution in [-0.4, -0.2) is 60.0 Å². The van der Waals surface area contributed by atoms with E-state index >= 15 is 0 Å². The van der Waals surface area contributed by atoms with E-state index in [-0.39, 0.29) is 24.4 Å². The van der Waals surface area contributed by atoms with Crippen LogP contribution in [0.3, 0.4) is 0 Å². The number of carboxylic acids is 1. The molecule has 0 aromatic heterocycles. The van der Waals surface area contributed by atoms with E-state index in [0.29, 0.717) is 6.42 Å². The predicted octanol–water partition coefficient (Wildman–Crippen LogP) is -1.03. The van der Waals surface area contributed by atoms with E-state index in [1.165, 1.54) is 6.92 Å². The molecule has 9 heteroatoms. The second-order valence-corrected chi connectivity index (χ2v) is 6.68. The Bertz CT molecular complexity index is 503. The standard InChI is InChI=1S/C16H28N4O5/c1-9(2)7-12(16(24)25)20-13(21)8-18-14(22)10(3)19-15(23)11-5-4-6-17-11/h9-12,17H,4-8H2,1-3H3,(H,18,22)(H,19,23)(H,20,21)(H,24,25)/t10-,11-,12-/m0/s1. The zero-order valence-electron chi connectivity index (χ0n) is 14.9. The lowest BCUT2D eigenvalue weighted by Crippen LogP contribution is -2.52. The molecule has 1 rings (SSSR count). The van der Waals surface area contributed by atoms with Crippen molar-refractivity contribution in [1.29, 1.82) is 0 Å². The summed E-state index contributed by atoms with van der Waals surface area (Å²) in [6, 6.07) is -2.06. The average Bonchev–Trinajstić information content (AvgIpc) is 3.05. The van der Waals surface area contributed by atoms with Gasteiger partial charge < -0.3 is 26.4 Å². The molecule has 3 atom stereocenters. The molecule has 0 aromatic rings. The van der Waals surface area contributed by atoms with Gasteiger partial charge in [0, 0.05) is 0 Å². The van der Waals surface area contributed by atoms with E-state index in [9.17, 15) is 19.2 Å². The fourth-order valence-electron chi connectivity index (χ4n) is 2.55. The van der Waals surface area contributed by atoms with Crippen molar-refractivity contribution in [2.75, 3.05) is 13.1 Å². The zero-order valence-corrected chi connectivity index (χ0v) is 14.9. The SMILES string of the molecule is CC(C)C[C@H](NC(=O)CNC(=O)[C@H](C)NC(=O)[C@@H]1CCCN1)C(=O)O. The molecule has 5 N–H and O–H groups in total. The summed E-state index contributed by atoms with van der Waals surface area (Å²) in [5, 5.41) is 19.5. The van der Waals surface area contributed by atoms with E-state index in [0.717, 1.165) is 19.4 Å². The van der Waals surface area contributed by atoms with Crippen molar-refractivity contribution in [3.8, 4) is 0 Å². The third-order valence-electron chi connectivity index (χ3n) is 3.89. The molecule has 0 aromatic carbocycles. The lowest BCUT2D eigenvalue weighted by molar-refractivity contribution is -0.142. The van der Waals surface area contributed by atoms with Crippen molar-refractivity contribution < 1.29 is 24.3 Å². The Hall–Kier alpha value is -2.16. The molecule has 1 saturated heterocycles. The monoisotopic (exact) mass is 356 g/mol. The number of carboxylic acid groups (broad SMARTS) is 1. The van der Waals surface area contributed by atoms with Crippen molar-refractivity contribution in [3.05, 3.63) is 0 Å². The van der Waals surface area contributed by atoms with Crippen LogP contribution in [0.2, 0.25) is 0 Å². The van der Waals surface area contributed by atoms with E-state index in [4.69, 9.17) is 5.11 Å². The number of aliphatic carboxylic acids is 1. The summed E-state index contributed by atoms with van der Waals surface area (Å²) in [7, 11) is 0. The van der Waals surface area contributed by atoms with Crippen LogP contribution < -0.4 is 21.3 Å². The molecule has 0 radical (unpaired) electrons. The van der Waals surface area contributed by atoms with E-state index < -0.39 is 29.9 Å². The minimum atomic E-state index is -1.11. The van der Waals surface area contributed by atoms with Crippen LogP contribution in [-0.2, 0) is 19.2 Å². The van der Waals surface area contributed by atoms with Gasteiger partial charge in [-0.1, -0.05) is 13.8 Å². The molecule has 0 spiro atoms. The van der Waals surface area contributed by atoms with Gasteiger partial charge in [-0.3, -0.25) is 14.4 Å². The summed E-state index contributed by atoms with van der Waals surface area (Å²) in [5.74, 6) is -2.34. The van der Waals surface area contributed by atoms with Crippen LogP contribution >= 0.6 is 0 Å². The van der Waals surface area contributed by atoms with Crippen molar-refractivity contribution in [3.63, 3.8) is 0 Å². The van der Waals surface area contributed by atoms with Crippen LogP contribution in [0.1, 0.15) is 40.0 Å². The summed E-state index contributed by atoms with van der Waals surface area (Å²) in [5.41, 5.74) is 0. The minimum Gasteiger partial charge on any atom is -0.480 e. The molecule has 1 aliphatic heterocycles. The molecule has 1 heterocycles. The zero-order chi connectivity index (χ0) is 19.0. The molecule has 3 amide bonds. The summed E-state index contributed by atoms with van der Waals surface area (Å²) in [6.45, 7) is 5.67. The van der Waals surface area contributed by atoms with Crippen LogP contribution in [0.25, 0.3) is 0 Å². The maximum atomic E-state index is 12.0. The Morgan fingerprint density at radius 3 is 2.36 bits per heavy atom. The van der Waals surface area contributed by atoms with Gasteiger partial charge in [-0.25, -0.2) is 4.79 Å². The lowest BCUT2D eigenvalue weighted by Gasteiger charge is -2.18. The molecule has 1 fully saturated rings. The van der Waals surface area contributed by atoms with Crippen LogP contribution in [0.15, 0.2) is 0 Å². The largest absolute Gasteiger partial charge is 0.480 e. The number of nitrogens with one attached hydrogen (secondary N) is 4. The Kier molecular flexibility index (Phi) is 8.33. The number of carbonyl (C=O) groups excluding carboxylic acids is 3. The first kappa shape index (κ1) is 20.9. The first-order chi connectivity index (χ1) is 11.7. The van der Waals surface area contributed by atoms with Crippen molar-refractivity contribution in [2.45, 2.75) is 58.2 Å². The maximum Gasteiger partial charge on any atom is 0.326 e. The topological polar surface area (TPSA) is 137 Å². The van der Waals surface area contributed by atoms with Gasteiger partial charge in [0.05, 0.1) is 12.6 Å². The summed E-state index contributed by atoms with van der Waals surface area (Å²) < 4.78 is 0. The van der Waals surface area contributed by atoms with Gasteiger partial charge in [0.2, 0.25) is 17.7 Å². The van der Waals surface area contributed by atoms with Gasteiger partial charge in [-0.05, 0) is 38.6 Å². The van der Waals surface area contributed by atoms with Crippen LogP contribution in [0.4, 0.5) is 0 Å². The fourth-order valence-corrected chi connectivity index (χ4v) is 2.55. The summed E-state index contributed by atoms with van der Waals surface area (Å²) >= 11 is 0. The molecule has 0 bridgehead atoms. The molecule has 0 unspecified atom stereocenters. The van der Waals surface area contributed by atoms with E-state index in [2.05, 4.69) is 21.3 Å². The second kappa shape index (κ2) is 9.97. The van der Waals surface area contributed by atoms with Crippen LogP contribution in [0, 0.1) is 5.92 Å². The third-order valence-corrected chi connectivity index (χ3v) is 3.89. The smallest absolute Gasteiger partial charge is 0.326 e. The van der Waals surface area contributed by atoms with Gasteiger partial charge in [0.25, 0.3) is 0 Å². The Morgan fingerprint density at radius 2 is 1.84 bits per heavy atom. The van der Waals surface area contributed by atoms with Crippen molar-refractivity contribution in [2.24, 2.45) is 5.92 Å². The Balaban J connectivity index is 2.36. The maximum absolute atomic E-state index is 12.0. The number of rotatable bonds is 9. The van der Waals surface area contributed by atoms with Gasteiger partial charge in [0.15, 0.2) is 0 Å². The quantitative estimate of drug-likeness (QED) is 0.358. The molecule has 9 nitrogen and oxygen atoms in total. The first-order valence-electron chi connectivity index (χ1n) is 8.54. The molecule has 0 saturated carbocycles. The molecule has 142 valence electrons. The first-order valence-corrected chi connectivity index (χ1v) is 8.54. The molecule has 0 aliphatic carbocycles. The average molecular weight is 356 g/mol. The van der Waals surface area contributed by atoms with Gasteiger partial charge >= 0.3 is 5.97 Å². The fraction of sp³-hybridized carbons (Fsp3) is 0.750. The predicted molar refractivity (Wildman–Crippen MR) is 90.7 cm³/mol. The van der Waals surface area contributed by atoms with Gasteiger partial charge in [0.1, 0.15) is 12.1 Å². The molecule has 25 heavy (non-hydrogen) atoms. The van der Waals surface area contributed by atoms with Gasteiger partial charge in [-0.15, -0.1) is 0 Å². The van der Waals surface area contributed by atoms with E-state index in [1.807, 2.05) is 13.8 Å².